The van der Waals surface area contributed by atoms with Gasteiger partial charge in [0.2, 0.25) is 0 Å². The fourth-order valence-corrected chi connectivity index (χ4v) is 2.65. The molecular weight excluding hydrogens is 256 g/mol. The molecule has 0 spiro atoms. The van der Waals surface area contributed by atoms with Gasteiger partial charge in [-0.3, -0.25) is 0 Å². The Labute approximate surface area is 119 Å². The average molecular weight is 278 g/mol. The second-order valence-corrected chi connectivity index (χ2v) is 5.07. The molecule has 6 heteroatoms. The van der Waals surface area contributed by atoms with E-state index >= 15 is 0 Å². The van der Waals surface area contributed by atoms with Gasteiger partial charge in [0.1, 0.15) is 5.69 Å². The minimum absolute atomic E-state index is 0.338. The van der Waals surface area contributed by atoms with E-state index in [1.54, 1.807) is 7.11 Å². The van der Waals surface area contributed by atoms with E-state index in [-0.39, 0.29) is 0 Å². The molecule has 110 valence electrons. The average Bonchev–Trinajstić information content (AvgIpc) is 2.88. The van der Waals surface area contributed by atoms with Crippen LogP contribution in [0.1, 0.15) is 43.0 Å². The summed E-state index contributed by atoms with van der Waals surface area (Å²) in [6, 6.07) is 2.19. The highest BCUT2D eigenvalue weighted by molar-refractivity contribution is 5.19. The van der Waals surface area contributed by atoms with Crippen LogP contribution in [0, 0.1) is 11.3 Å². The highest BCUT2D eigenvalue weighted by Crippen LogP contribution is 2.29. The maximum atomic E-state index is 8.93. The van der Waals surface area contributed by atoms with Crippen LogP contribution in [-0.2, 0) is 22.4 Å². The summed E-state index contributed by atoms with van der Waals surface area (Å²) in [6.45, 7) is 3.18. The first-order valence-corrected chi connectivity index (χ1v) is 7.22. The smallest absolute Gasteiger partial charge is 0.100 e. The Morgan fingerprint density at radius 2 is 2.20 bits per heavy atom. The van der Waals surface area contributed by atoms with Crippen LogP contribution in [0.2, 0.25) is 0 Å². The molecule has 0 amide bonds. The van der Waals surface area contributed by atoms with E-state index in [9.17, 15) is 0 Å². The molecule has 6 nitrogen and oxygen atoms in total. The Morgan fingerprint density at radius 1 is 1.40 bits per heavy atom. The molecule has 0 unspecified atom stereocenters. The van der Waals surface area contributed by atoms with Gasteiger partial charge in [0.05, 0.1) is 18.2 Å². The standard InChI is InChI=1S/C14H22N4O2/c1-19-9-3-2-8-18-14(12-5-10-20-11-6-12)13(4-7-15)16-17-18/h12H,2-6,8-11H2,1H3. The lowest BCUT2D eigenvalue weighted by atomic mass is 9.94. The fraction of sp³-hybridized carbons (Fsp3) is 0.786. The van der Waals surface area contributed by atoms with Crippen LogP contribution in [0.15, 0.2) is 0 Å². The highest BCUT2D eigenvalue weighted by atomic mass is 16.5. The Morgan fingerprint density at radius 3 is 2.90 bits per heavy atom. The van der Waals surface area contributed by atoms with Crippen molar-refractivity contribution in [2.45, 2.75) is 44.6 Å². The molecule has 1 aromatic heterocycles. The van der Waals surface area contributed by atoms with Gasteiger partial charge in [0, 0.05) is 39.4 Å². The van der Waals surface area contributed by atoms with Gasteiger partial charge in [-0.15, -0.1) is 5.10 Å². The zero-order valence-electron chi connectivity index (χ0n) is 12.0. The summed E-state index contributed by atoms with van der Waals surface area (Å²) < 4.78 is 12.5. The first kappa shape index (κ1) is 14.9. The molecule has 1 aliphatic heterocycles. The number of hydrogen-bond acceptors (Lipinski definition) is 5. The van der Waals surface area contributed by atoms with Crippen molar-refractivity contribution in [2.75, 3.05) is 26.9 Å². The molecule has 1 fully saturated rings. The zero-order chi connectivity index (χ0) is 14.2. The summed E-state index contributed by atoms with van der Waals surface area (Å²) in [6.07, 6.45) is 4.34. The van der Waals surface area contributed by atoms with E-state index < -0.39 is 0 Å². The number of nitrogens with zero attached hydrogens (tertiary/aromatic N) is 4. The van der Waals surface area contributed by atoms with Gasteiger partial charge in [-0.1, -0.05) is 5.21 Å². The number of aryl methyl sites for hydroxylation is 1. The van der Waals surface area contributed by atoms with Gasteiger partial charge in [-0.2, -0.15) is 5.26 Å². The minimum atomic E-state index is 0.338. The van der Waals surface area contributed by atoms with Crippen molar-refractivity contribution >= 4 is 0 Å². The summed E-state index contributed by atoms with van der Waals surface area (Å²) in [5.74, 6) is 0.421. The van der Waals surface area contributed by atoms with Crippen LogP contribution in [0.4, 0.5) is 0 Å². The Balaban J connectivity index is 2.07. The molecule has 2 rings (SSSR count). The third-order valence-corrected chi connectivity index (χ3v) is 3.67. The minimum Gasteiger partial charge on any atom is -0.385 e. The SMILES string of the molecule is COCCCCn1nnc(CC#N)c1C1CCOCC1. The Kier molecular flexibility index (Phi) is 5.96. The number of hydrogen-bond donors (Lipinski definition) is 0. The molecule has 20 heavy (non-hydrogen) atoms. The van der Waals surface area contributed by atoms with Crippen LogP contribution < -0.4 is 0 Å². The van der Waals surface area contributed by atoms with Gasteiger partial charge in [0.25, 0.3) is 0 Å². The number of rotatable bonds is 7. The number of methoxy groups -OCH3 is 1. The van der Waals surface area contributed by atoms with E-state index in [2.05, 4.69) is 16.4 Å². The van der Waals surface area contributed by atoms with Crippen molar-refractivity contribution < 1.29 is 9.47 Å². The normalized spacial score (nSPS) is 16.2. The molecule has 1 aromatic rings. The maximum absolute atomic E-state index is 8.93. The van der Waals surface area contributed by atoms with Crippen molar-refractivity contribution in [3.63, 3.8) is 0 Å². The molecule has 0 saturated carbocycles. The molecule has 0 atom stereocenters. The second-order valence-electron chi connectivity index (χ2n) is 5.07. The Bertz CT molecular complexity index is 447. The predicted octanol–water partition coefficient (Wildman–Crippen LogP) is 1.66. The number of unbranched alkanes of at least 4 members (excludes halogenated alkanes) is 1. The van der Waals surface area contributed by atoms with E-state index in [0.717, 1.165) is 63.4 Å². The summed E-state index contributed by atoms with van der Waals surface area (Å²) >= 11 is 0. The van der Waals surface area contributed by atoms with Crippen LogP contribution in [0.25, 0.3) is 0 Å². The van der Waals surface area contributed by atoms with Crippen molar-refractivity contribution in [3.8, 4) is 6.07 Å². The van der Waals surface area contributed by atoms with Gasteiger partial charge < -0.3 is 9.47 Å². The monoisotopic (exact) mass is 278 g/mol. The number of aromatic nitrogens is 3. The molecule has 1 aliphatic rings. The maximum Gasteiger partial charge on any atom is 0.100 e. The van der Waals surface area contributed by atoms with Gasteiger partial charge in [0.15, 0.2) is 0 Å². The topological polar surface area (TPSA) is 73.0 Å². The lowest BCUT2D eigenvalue weighted by Gasteiger charge is -2.23. The van der Waals surface area contributed by atoms with Crippen LogP contribution in [0.3, 0.4) is 0 Å². The largest absolute Gasteiger partial charge is 0.385 e. The molecule has 0 aliphatic carbocycles. The molecule has 0 aromatic carbocycles. The molecule has 2 heterocycles. The summed E-state index contributed by atoms with van der Waals surface area (Å²) in [5, 5.41) is 17.4. The first-order valence-electron chi connectivity index (χ1n) is 7.22. The van der Waals surface area contributed by atoms with Crippen molar-refractivity contribution in [1.82, 2.24) is 15.0 Å². The molecule has 0 N–H and O–H groups in total. The van der Waals surface area contributed by atoms with Gasteiger partial charge >= 0.3 is 0 Å². The molecular formula is C14H22N4O2. The van der Waals surface area contributed by atoms with Crippen molar-refractivity contribution in [1.29, 1.82) is 5.26 Å². The Hall–Kier alpha value is -1.45. The van der Waals surface area contributed by atoms with Crippen molar-refractivity contribution in [2.24, 2.45) is 0 Å². The van der Waals surface area contributed by atoms with E-state index in [1.807, 2.05) is 4.68 Å². The van der Waals surface area contributed by atoms with Crippen LogP contribution in [0.5, 0.6) is 0 Å². The quantitative estimate of drug-likeness (QED) is 0.709. The second kappa shape index (κ2) is 7.98. The van der Waals surface area contributed by atoms with Crippen LogP contribution in [-0.4, -0.2) is 41.9 Å². The molecule has 0 bridgehead atoms. The molecule has 0 radical (unpaired) electrons. The van der Waals surface area contributed by atoms with Crippen molar-refractivity contribution in [3.05, 3.63) is 11.4 Å². The molecule has 1 saturated heterocycles. The third kappa shape index (κ3) is 3.78. The summed E-state index contributed by atoms with van der Waals surface area (Å²) in [5.41, 5.74) is 1.98. The van der Waals surface area contributed by atoms with Gasteiger partial charge in [-0.05, 0) is 25.7 Å². The predicted molar refractivity (Wildman–Crippen MR) is 73.2 cm³/mol. The van der Waals surface area contributed by atoms with E-state index in [4.69, 9.17) is 14.7 Å². The van der Waals surface area contributed by atoms with E-state index in [0.29, 0.717) is 12.3 Å². The third-order valence-electron chi connectivity index (χ3n) is 3.67. The number of ether oxygens (including phenoxy) is 2. The summed E-state index contributed by atoms with van der Waals surface area (Å²) in [4.78, 5) is 0. The fourth-order valence-electron chi connectivity index (χ4n) is 2.65. The lowest BCUT2D eigenvalue weighted by molar-refractivity contribution is 0.0832. The van der Waals surface area contributed by atoms with E-state index in [1.165, 1.54) is 0 Å². The summed E-state index contributed by atoms with van der Waals surface area (Å²) in [7, 11) is 1.72. The lowest BCUT2D eigenvalue weighted by Crippen LogP contribution is -2.19. The number of nitriles is 1. The highest BCUT2D eigenvalue weighted by Gasteiger charge is 2.24. The van der Waals surface area contributed by atoms with Gasteiger partial charge in [-0.25, -0.2) is 4.68 Å². The zero-order valence-corrected chi connectivity index (χ0v) is 12.0. The van der Waals surface area contributed by atoms with Crippen LogP contribution >= 0.6 is 0 Å². The first-order chi connectivity index (χ1) is 9.86.